The number of rotatable bonds is 6. The molecule has 3 N–H and O–H groups in total. The van der Waals surface area contributed by atoms with Crippen molar-refractivity contribution in [2.24, 2.45) is 0 Å². The maximum Gasteiger partial charge on any atom is 0.302 e. The SMILES string of the molecule is Cc1nc(Nc2ccccc2)nc(Nc2ncc(C(=O)Nc3c(C)cccc3Cl)o2)n1. The molecule has 2 aromatic heterocycles. The second kappa shape index (κ2) is 8.80. The van der Waals surface area contributed by atoms with Crippen LogP contribution in [0.5, 0.6) is 0 Å². The van der Waals surface area contributed by atoms with Gasteiger partial charge in [-0.25, -0.2) is 4.98 Å². The molecular formula is C21H18ClN7O2. The molecule has 4 aromatic rings. The van der Waals surface area contributed by atoms with Crippen molar-refractivity contribution < 1.29 is 9.21 Å². The number of carbonyl (C=O) groups excluding carboxylic acids is 1. The van der Waals surface area contributed by atoms with Crippen LogP contribution in [0.4, 0.5) is 29.3 Å². The number of aryl methyl sites for hydroxylation is 2. The third-order valence-electron chi connectivity index (χ3n) is 4.19. The van der Waals surface area contributed by atoms with E-state index < -0.39 is 5.91 Å². The van der Waals surface area contributed by atoms with E-state index in [9.17, 15) is 4.79 Å². The van der Waals surface area contributed by atoms with Crippen molar-refractivity contribution in [2.75, 3.05) is 16.0 Å². The monoisotopic (exact) mass is 435 g/mol. The van der Waals surface area contributed by atoms with Crippen LogP contribution in [-0.4, -0.2) is 25.8 Å². The Hall–Kier alpha value is -3.98. The average Bonchev–Trinajstić information content (AvgIpc) is 3.19. The van der Waals surface area contributed by atoms with Crippen LogP contribution in [0.3, 0.4) is 0 Å². The minimum absolute atomic E-state index is 0.00947. The van der Waals surface area contributed by atoms with E-state index in [0.29, 0.717) is 22.5 Å². The summed E-state index contributed by atoms with van der Waals surface area (Å²) in [5, 5.41) is 9.12. The van der Waals surface area contributed by atoms with Gasteiger partial charge in [0.15, 0.2) is 0 Å². The van der Waals surface area contributed by atoms with Gasteiger partial charge in [-0.2, -0.15) is 15.0 Å². The molecule has 0 aliphatic carbocycles. The number of nitrogens with one attached hydrogen (secondary N) is 3. The molecule has 2 aromatic carbocycles. The maximum absolute atomic E-state index is 12.5. The summed E-state index contributed by atoms with van der Waals surface area (Å²) in [5.41, 5.74) is 2.19. The molecule has 0 fully saturated rings. The first-order valence-electron chi connectivity index (χ1n) is 9.32. The third kappa shape index (κ3) is 4.96. The van der Waals surface area contributed by atoms with Crippen LogP contribution >= 0.6 is 11.6 Å². The van der Waals surface area contributed by atoms with Crippen molar-refractivity contribution in [2.45, 2.75) is 13.8 Å². The molecule has 0 bridgehead atoms. The van der Waals surface area contributed by atoms with Crippen molar-refractivity contribution >= 4 is 46.8 Å². The maximum atomic E-state index is 12.5. The molecule has 0 aliphatic rings. The Morgan fingerprint density at radius 1 is 0.935 bits per heavy atom. The van der Waals surface area contributed by atoms with Gasteiger partial charge in [-0.1, -0.05) is 41.9 Å². The minimum Gasteiger partial charge on any atom is -0.418 e. The van der Waals surface area contributed by atoms with Gasteiger partial charge in [0.1, 0.15) is 5.82 Å². The molecule has 0 unspecified atom stereocenters. The first-order valence-corrected chi connectivity index (χ1v) is 9.70. The summed E-state index contributed by atoms with van der Waals surface area (Å²) in [5.74, 6) is 0.612. The Labute approximate surface area is 182 Å². The first kappa shape index (κ1) is 20.3. The quantitative estimate of drug-likeness (QED) is 0.392. The molecule has 9 nitrogen and oxygen atoms in total. The highest BCUT2D eigenvalue weighted by atomic mass is 35.5. The predicted molar refractivity (Wildman–Crippen MR) is 118 cm³/mol. The normalized spacial score (nSPS) is 10.5. The smallest absolute Gasteiger partial charge is 0.302 e. The Morgan fingerprint density at radius 2 is 1.68 bits per heavy atom. The van der Waals surface area contributed by atoms with Gasteiger partial charge in [0.2, 0.25) is 17.7 Å². The van der Waals surface area contributed by atoms with E-state index in [1.165, 1.54) is 6.20 Å². The van der Waals surface area contributed by atoms with E-state index in [4.69, 9.17) is 16.0 Å². The molecule has 10 heteroatoms. The van der Waals surface area contributed by atoms with Gasteiger partial charge in [0.25, 0.3) is 5.91 Å². The van der Waals surface area contributed by atoms with Crippen LogP contribution in [0.25, 0.3) is 0 Å². The molecule has 0 saturated carbocycles. The summed E-state index contributed by atoms with van der Waals surface area (Å²) in [6.45, 7) is 3.59. The van der Waals surface area contributed by atoms with Crippen LogP contribution in [0, 0.1) is 13.8 Å². The first-order chi connectivity index (χ1) is 15.0. The van der Waals surface area contributed by atoms with Gasteiger partial charge in [-0.15, -0.1) is 0 Å². The number of benzene rings is 2. The summed E-state index contributed by atoms with van der Waals surface area (Å²) in [7, 11) is 0. The topological polar surface area (TPSA) is 118 Å². The standard InChI is InChI=1S/C21H18ClN7O2/c1-12-7-6-10-15(22)17(12)27-18(30)16-11-23-21(31-16)29-20-25-13(2)24-19(28-20)26-14-8-4-3-5-9-14/h3-11H,1-2H3,(H,27,30)(H2,23,24,25,26,28,29). The number of nitrogens with zero attached hydrogens (tertiary/aromatic N) is 4. The minimum atomic E-state index is -0.477. The van der Waals surface area contributed by atoms with Crippen molar-refractivity contribution in [3.63, 3.8) is 0 Å². The second-order valence-electron chi connectivity index (χ2n) is 6.56. The molecule has 156 valence electrons. The fourth-order valence-corrected chi connectivity index (χ4v) is 3.01. The third-order valence-corrected chi connectivity index (χ3v) is 4.50. The fourth-order valence-electron chi connectivity index (χ4n) is 2.74. The predicted octanol–water partition coefficient (Wildman–Crippen LogP) is 4.87. The molecule has 1 amide bonds. The number of amides is 1. The van der Waals surface area contributed by atoms with E-state index in [2.05, 4.69) is 35.9 Å². The zero-order chi connectivity index (χ0) is 21.8. The van der Waals surface area contributed by atoms with E-state index >= 15 is 0 Å². The van der Waals surface area contributed by atoms with Gasteiger partial charge in [0, 0.05) is 5.69 Å². The Kier molecular flexibility index (Phi) is 5.76. The van der Waals surface area contributed by atoms with Gasteiger partial charge in [0.05, 0.1) is 16.9 Å². The summed E-state index contributed by atoms with van der Waals surface area (Å²) in [6.07, 6.45) is 1.31. The highest BCUT2D eigenvalue weighted by Crippen LogP contribution is 2.26. The van der Waals surface area contributed by atoms with E-state index in [1.54, 1.807) is 19.1 Å². The number of halogens is 1. The number of hydrogen-bond acceptors (Lipinski definition) is 8. The lowest BCUT2D eigenvalue weighted by molar-refractivity contribution is 0.0997. The van der Waals surface area contributed by atoms with Gasteiger partial charge in [-0.05, 0) is 37.6 Å². The molecule has 0 radical (unpaired) electrons. The lowest BCUT2D eigenvalue weighted by atomic mass is 10.2. The molecule has 4 rings (SSSR count). The fraction of sp³-hybridized carbons (Fsp3) is 0.0952. The number of oxazole rings is 1. The highest BCUT2D eigenvalue weighted by Gasteiger charge is 2.16. The van der Waals surface area contributed by atoms with Crippen LogP contribution in [0.15, 0.2) is 59.1 Å². The van der Waals surface area contributed by atoms with Crippen molar-refractivity contribution in [3.05, 3.63) is 76.9 Å². The Morgan fingerprint density at radius 3 is 2.42 bits per heavy atom. The Balaban J connectivity index is 1.48. The van der Waals surface area contributed by atoms with Gasteiger partial charge >= 0.3 is 6.01 Å². The largest absolute Gasteiger partial charge is 0.418 e. The molecular weight excluding hydrogens is 418 g/mol. The molecule has 0 spiro atoms. The lowest BCUT2D eigenvalue weighted by Crippen LogP contribution is -2.12. The number of aromatic nitrogens is 4. The summed E-state index contributed by atoms with van der Waals surface area (Å²) in [6, 6.07) is 14.9. The van der Waals surface area contributed by atoms with E-state index in [0.717, 1.165) is 11.3 Å². The van der Waals surface area contributed by atoms with E-state index in [-0.39, 0.29) is 17.7 Å². The van der Waals surface area contributed by atoms with Crippen LogP contribution in [-0.2, 0) is 0 Å². The summed E-state index contributed by atoms with van der Waals surface area (Å²) >= 11 is 6.16. The molecule has 2 heterocycles. The number of anilines is 5. The molecule has 31 heavy (non-hydrogen) atoms. The van der Waals surface area contributed by atoms with Crippen LogP contribution in [0.1, 0.15) is 21.9 Å². The van der Waals surface area contributed by atoms with Crippen LogP contribution < -0.4 is 16.0 Å². The second-order valence-corrected chi connectivity index (χ2v) is 6.97. The highest BCUT2D eigenvalue weighted by molar-refractivity contribution is 6.34. The molecule has 0 atom stereocenters. The molecule has 0 aliphatic heterocycles. The average molecular weight is 436 g/mol. The number of hydrogen-bond donors (Lipinski definition) is 3. The van der Waals surface area contributed by atoms with Crippen molar-refractivity contribution in [1.82, 2.24) is 19.9 Å². The number of para-hydroxylation sites is 2. The van der Waals surface area contributed by atoms with Crippen molar-refractivity contribution in [3.8, 4) is 0 Å². The summed E-state index contributed by atoms with van der Waals surface area (Å²) in [4.78, 5) is 29.4. The van der Waals surface area contributed by atoms with Crippen molar-refractivity contribution in [1.29, 1.82) is 0 Å². The van der Waals surface area contributed by atoms with Crippen LogP contribution in [0.2, 0.25) is 5.02 Å². The Bertz CT molecular complexity index is 1210. The number of carbonyl (C=O) groups is 1. The zero-order valence-electron chi connectivity index (χ0n) is 16.7. The summed E-state index contributed by atoms with van der Waals surface area (Å²) < 4.78 is 5.50. The van der Waals surface area contributed by atoms with E-state index in [1.807, 2.05) is 43.3 Å². The zero-order valence-corrected chi connectivity index (χ0v) is 17.4. The van der Waals surface area contributed by atoms with Gasteiger partial charge in [-0.3, -0.25) is 10.1 Å². The van der Waals surface area contributed by atoms with Gasteiger partial charge < -0.3 is 15.1 Å². The molecule has 0 saturated heterocycles. The lowest BCUT2D eigenvalue weighted by Gasteiger charge is -2.08.